The van der Waals surface area contributed by atoms with Crippen LogP contribution in [0.5, 0.6) is 0 Å². The van der Waals surface area contributed by atoms with Crippen LogP contribution in [0, 0.1) is 5.41 Å². The van der Waals surface area contributed by atoms with E-state index in [0.717, 1.165) is 31.6 Å². The Morgan fingerprint density at radius 1 is 1.45 bits per heavy atom. The Kier molecular flexibility index (Phi) is 4.74. The van der Waals surface area contributed by atoms with Crippen molar-refractivity contribution in [3.8, 4) is 0 Å². The number of ether oxygens (including phenoxy) is 2. The van der Waals surface area contributed by atoms with Crippen LogP contribution in [0.2, 0.25) is 0 Å². The smallest absolute Gasteiger partial charge is 0.337 e. The number of methoxy groups -OCH3 is 1. The minimum absolute atomic E-state index is 0.0224. The Morgan fingerprint density at radius 2 is 2.25 bits per heavy atom. The summed E-state index contributed by atoms with van der Waals surface area (Å²) in [6, 6.07) is 5.18. The van der Waals surface area contributed by atoms with Gasteiger partial charge in [-0.1, -0.05) is 0 Å². The third-order valence-corrected chi connectivity index (χ3v) is 3.34. The molecule has 1 unspecified atom stereocenters. The molecular weight excluding hydrogens is 256 g/mol. The number of esters is 1. The first-order chi connectivity index (χ1) is 9.61. The van der Waals surface area contributed by atoms with Gasteiger partial charge in [-0.2, -0.15) is 0 Å². The van der Waals surface area contributed by atoms with Gasteiger partial charge in [-0.25, -0.2) is 4.79 Å². The van der Waals surface area contributed by atoms with Crippen LogP contribution in [0.3, 0.4) is 0 Å². The molecule has 2 rings (SSSR count). The van der Waals surface area contributed by atoms with Crippen molar-refractivity contribution in [3.63, 3.8) is 0 Å². The minimum atomic E-state index is -0.395. The average Bonchev–Trinajstić information content (AvgIpc) is 2.47. The molecule has 1 aliphatic rings. The summed E-state index contributed by atoms with van der Waals surface area (Å²) < 4.78 is 10.3. The van der Waals surface area contributed by atoms with E-state index in [2.05, 4.69) is 5.32 Å². The van der Waals surface area contributed by atoms with Gasteiger partial charge in [0.2, 0.25) is 0 Å². The zero-order chi connectivity index (χ0) is 14.5. The van der Waals surface area contributed by atoms with Gasteiger partial charge in [0.25, 0.3) is 0 Å². The maximum atomic E-state index is 11.6. The molecule has 1 aromatic rings. The molecule has 0 bridgehead atoms. The van der Waals surface area contributed by atoms with Crippen molar-refractivity contribution in [2.45, 2.75) is 32.4 Å². The molecule has 1 aliphatic heterocycles. The molecule has 1 atom stereocenters. The van der Waals surface area contributed by atoms with E-state index in [4.69, 9.17) is 14.9 Å². The zero-order valence-electron chi connectivity index (χ0n) is 11.9. The first-order valence-corrected chi connectivity index (χ1v) is 6.78. The highest BCUT2D eigenvalue weighted by Crippen LogP contribution is 2.22. The molecule has 0 aliphatic carbocycles. The van der Waals surface area contributed by atoms with E-state index in [1.807, 2.05) is 0 Å². The maximum Gasteiger partial charge on any atom is 0.337 e. The molecule has 20 heavy (non-hydrogen) atoms. The summed E-state index contributed by atoms with van der Waals surface area (Å²) in [7, 11) is 1.35. The van der Waals surface area contributed by atoms with Crippen LogP contribution in [0.25, 0.3) is 0 Å². The molecule has 5 nitrogen and oxygen atoms in total. The molecule has 0 spiro atoms. The predicted molar refractivity (Wildman–Crippen MR) is 77.5 cm³/mol. The van der Waals surface area contributed by atoms with Crippen LogP contribution >= 0.6 is 0 Å². The fraction of sp³-hybridized carbons (Fsp3) is 0.467. The zero-order valence-corrected chi connectivity index (χ0v) is 11.9. The van der Waals surface area contributed by atoms with Crippen LogP contribution in [0.15, 0.2) is 18.2 Å². The monoisotopic (exact) mass is 276 g/mol. The molecule has 1 saturated heterocycles. The molecule has 0 radical (unpaired) electrons. The standard InChI is InChI=1S/C15H20N2O3/c1-10(16)12-9-11(15(18)19-2)6-7-13(12)17-14-5-3-4-8-20-14/h6-7,9,14,16-17H,3-5,8H2,1-2H3. The van der Waals surface area contributed by atoms with Crippen molar-refractivity contribution in [1.82, 2.24) is 0 Å². The highest BCUT2D eigenvalue weighted by molar-refractivity contribution is 6.03. The van der Waals surface area contributed by atoms with Crippen molar-refractivity contribution in [2.75, 3.05) is 19.0 Å². The summed E-state index contributed by atoms with van der Waals surface area (Å²) in [6.45, 7) is 2.46. The second kappa shape index (κ2) is 6.52. The number of anilines is 1. The summed E-state index contributed by atoms with van der Waals surface area (Å²) >= 11 is 0. The number of hydrogen-bond acceptors (Lipinski definition) is 5. The normalized spacial score (nSPS) is 18.4. The maximum absolute atomic E-state index is 11.6. The largest absolute Gasteiger partial charge is 0.465 e. The number of carbonyl (C=O) groups excluding carboxylic acids is 1. The van der Waals surface area contributed by atoms with Gasteiger partial charge in [-0.15, -0.1) is 0 Å². The van der Waals surface area contributed by atoms with Crippen LogP contribution in [0.1, 0.15) is 42.1 Å². The fourth-order valence-electron chi connectivity index (χ4n) is 2.25. The van der Waals surface area contributed by atoms with Gasteiger partial charge in [-0.05, 0) is 44.4 Å². The van der Waals surface area contributed by atoms with Gasteiger partial charge < -0.3 is 20.2 Å². The molecule has 0 saturated carbocycles. The van der Waals surface area contributed by atoms with Gasteiger partial charge in [0.1, 0.15) is 6.23 Å². The molecule has 0 amide bonds. The highest BCUT2D eigenvalue weighted by atomic mass is 16.5. The van der Waals surface area contributed by atoms with Gasteiger partial charge in [0, 0.05) is 23.6 Å². The quantitative estimate of drug-likeness (QED) is 0.655. The highest BCUT2D eigenvalue weighted by Gasteiger charge is 2.17. The van der Waals surface area contributed by atoms with E-state index in [9.17, 15) is 4.79 Å². The summed E-state index contributed by atoms with van der Waals surface area (Å²) in [4.78, 5) is 11.6. The van der Waals surface area contributed by atoms with Crippen molar-refractivity contribution in [2.24, 2.45) is 0 Å². The number of carbonyl (C=O) groups is 1. The number of rotatable bonds is 4. The molecule has 0 aromatic heterocycles. The topological polar surface area (TPSA) is 71.4 Å². The molecule has 1 fully saturated rings. The SMILES string of the molecule is COC(=O)c1ccc(NC2CCCCO2)c(C(C)=N)c1. The van der Waals surface area contributed by atoms with Gasteiger partial charge in [-0.3, -0.25) is 0 Å². The lowest BCUT2D eigenvalue weighted by molar-refractivity contribution is 0.0343. The van der Waals surface area contributed by atoms with E-state index >= 15 is 0 Å². The second-order valence-corrected chi connectivity index (χ2v) is 4.88. The lowest BCUT2D eigenvalue weighted by atomic mass is 10.0. The number of nitrogens with one attached hydrogen (secondary N) is 2. The first-order valence-electron chi connectivity index (χ1n) is 6.78. The van der Waals surface area contributed by atoms with Crippen LogP contribution in [-0.2, 0) is 9.47 Å². The van der Waals surface area contributed by atoms with Gasteiger partial charge in [0.05, 0.1) is 12.7 Å². The van der Waals surface area contributed by atoms with Crippen molar-refractivity contribution in [3.05, 3.63) is 29.3 Å². The van der Waals surface area contributed by atoms with Crippen molar-refractivity contribution in [1.29, 1.82) is 5.41 Å². The van der Waals surface area contributed by atoms with E-state index in [1.54, 1.807) is 25.1 Å². The Labute approximate surface area is 118 Å². The van der Waals surface area contributed by atoms with E-state index < -0.39 is 5.97 Å². The third-order valence-electron chi connectivity index (χ3n) is 3.34. The molecule has 2 N–H and O–H groups in total. The Morgan fingerprint density at radius 3 is 2.85 bits per heavy atom. The van der Waals surface area contributed by atoms with Crippen LogP contribution in [-0.4, -0.2) is 31.6 Å². The van der Waals surface area contributed by atoms with Crippen LogP contribution in [0.4, 0.5) is 5.69 Å². The first kappa shape index (κ1) is 14.5. The third kappa shape index (κ3) is 3.36. The molecule has 1 aromatic carbocycles. The van der Waals surface area contributed by atoms with Gasteiger partial charge in [0.15, 0.2) is 0 Å². The van der Waals surface area contributed by atoms with Crippen LogP contribution < -0.4 is 5.32 Å². The number of hydrogen-bond donors (Lipinski definition) is 2. The fourth-order valence-corrected chi connectivity index (χ4v) is 2.25. The van der Waals surface area contributed by atoms with E-state index in [-0.39, 0.29) is 6.23 Å². The van der Waals surface area contributed by atoms with Crippen molar-refractivity contribution < 1.29 is 14.3 Å². The summed E-state index contributed by atoms with van der Waals surface area (Å²) in [5.74, 6) is -0.395. The Bertz CT molecular complexity index is 508. The van der Waals surface area contributed by atoms with Gasteiger partial charge >= 0.3 is 5.97 Å². The second-order valence-electron chi connectivity index (χ2n) is 4.88. The predicted octanol–water partition coefficient (Wildman–Crippen LogP) is 2.80. The molecule has 108 valence electrons. The molecular formula is C15H20N2O3. The Balaban J connectivity index is 2.23. The lowest BCUT2D eigenvalue weighted by Gasteiger charge is -2.25. The average molecular weight is 276 g/mol. The van der Waals surface area contributed by atoms with E-state index in [0.29, 0.717) is 16.8 Å². The summed E-state index contributed by atoms with van der Waals surface area (Å²) in [5, 5.41) is 11.2. The summed E-state index contributed by atoms with van der Waals surface area (Å²) in [6.07, 6.45) is 3.16. The van der Waals surface area contributed by atoms with Crippen molar-refractivity contribution >= 4 is 17.4 Å². The Hall–Kier alpha value is -1.88. The molecule has 1 heterocycles. The molecule has 5 heteroatoms. The van der Waals surface area contributed by atoms with E-state index in [1.165, 1.54) is 7.11 Å². The number of benzene rings is 1. The summed E-state index contributed by atoms with van der Waals surface area (Å²) in [5.41, 5.74) is 2.36. The lowest BCUT2D eigenvalue weighted by Crippen LogP contribution is -2.28. The minimum Gasteiger partial charge on any atom is -0.465 e.